The quantitative estimate of drug-likeness (QED) is 0.665. The van der Waals surface area contributed by atoms with E-state index in [2.05, 4.69) is 19.9 Å². The molecule has 0 saturated heterocycles. The van der Waals surface area contributed by atoms with E-state index in [1.165, 1.54) is 0 Å². The van der Waals surface area contributed by atoms with Crippen molar-refractivity contribution in [2.45, 2.75) is 6.61 Å². The monoisotopic (exact) mass is 162 g/mol. The molecule has 1 aromatic heterocycles. The van der Waals surface area contributed by atoms with E-state index in [1.807, 2.05) is 0 Å². The van der Waals surface area contributed by atoms with Crippen molar-refractivity contribution >= 4 is 5.95 Å². The van der Waals surface area contributed by atoms with Crippen molar-refractivity contribution in [2.75, 3.05) is 5.73 Å². The van der Waals surface area contributed by atoms with Gasteiger partial charge in [-0.1, -0.05) is 0 Å². The van der Waals surface area contributed by atoms with Crippen molar-refractivity contribution in [2.24, 2.45) is 0 Å². The lowest BCUT2D eigenvalue weighted by Gasteiger charge is -1.99. The average molecular weight is 162 g/mol. The van der Waals surface area contributed by atoms with Crippen molar-refractivity contribution in [3.05, 3.63) is 6.20 Å². The summed E-state index contributed by atoms with van der Waals surface area (Å²) < 4.78 is 26.8. The minimum Gasteiger partial charge on any atom is -0.414 e. The second-order valence-corrected chi connectivity index (χ2v) is 1.53. The van der Waals surface area contributed by atoms with E-state index in [0.29, 0.717) is 0 Å². The van der Waals surface area contributed by atoms with Crippen LogP contribution in [0.3, 0.4) is 0 Å². The maximum atomic E-state index is 11.5. The first-order chi connectivity index (χ1) is 5.18. The number of alkyl halides is 2. The molecule has 0 amide bonds. The second-order valence-electron chi connectivity index (χ2n) is 1.53. The Morgan fingerprint density at radius 3 is 2.64 bits per heavy atom. The summed E-state index contributed by atoms with van der Waals surface area (Å²) in [5.41, 5.74) is 5.03. The number of aromatic nitrogens is 3. The molecule has 0 saturated carbocycles. The molecule has 11 heavy (non-hydrogen) atoms. The van der Waals surface area contributed by atoms with Crippen LogP contribution in [0.4, 0.5) is 14.7 Å². The number of anilines is 1. The molecule has 60 valence electrons. The lowest BCUT2D eigenvalue weighted by molar-refractivity contribution is -0.0536. The van der Waals surface area contributed by atoms with Crippen molar-refractivity contribution in [1.29, 1.82) is 0 Å². The highest BCUT2D eigenvalue weighted by atomic mass is 19.3. The Kier molecular flexibility index (Phi) is 2.09. The van der Waals surface area contributed by atoms with Gasteiger partial charge >= 0.3 is 6.61 Å². The summed E-state index contributed by atoms with van der Waals surface area (Å²) >= 11 is 0. The van der Waals surface area contributed by atoms with Crippen LogP contribution in [0.2, 0.25) is 0 Å². The van der Waals surface area contributed by atoms with E-state index < -0.39 is 6.61 Å². The van der Waals surface area contributed by atoms with Gasteiger partial charge in [-0.25, -0.2) is 4.98 Å². The first-order valence-electron chi connectivity index (χ1n) is 2.58. The van der Waals surface area contributed by atoms with E-state index >= 15 is 0 Å². The van der Waals surface area contributed by atoms with Crippen molar-refractivity contribution in [3.63, 3.8) is 0 Å². The van der Waals surface area contributed by atoms with E-state index in [0.717, 1.165) is 6.20 Å². The van der Waals surface area contributed by atoms with Gasteiger partial charge in [0.15, 0.2) is 0 Å². The number of hydrogen-bond donors (Lipinski definition) is 1. The van der Waals surface area contributed by atoms with E-state index in [9.17, 15) is 8.78 Å². The van der Waals surface area contributed by atoms with Gasteiger partial charge < -0.3 is 10.5 Å². The van der Waals surface area contributed by atoms with Crippen LogP contribution >= 0.6 is 0 Å². The van der Waals surface area contributed by atoms with Crippen LogP contribution in [0.15, 0.2) is 6.20 Å². The molecule has 0 aliphatic carbocycles. The van der Waals surface area contributed by atoms with Crippen molar-refractivity contribution < 1.29 is 13.5 Å². The molecule has 7 heteroatoms. The van der Waals surface area contributed by atoms with Gasteiger partial charge in [0, 0.05) is 0 Å². The molecular weight excluding hydrogens is 158 g/mol. The Bertz CT molecular complexity index is 226. The topological polar surface area (TPSA) is 73.9 Å². The minimum atomic E-state index is -2.92. The fourth-order valence-electron chi connectivity index (χ4n) is 0.419. The van der Waals surface area contributed by atoms with E-state index in [4.69, 9.17) is 5.73 Å². The summed E-state index contributed by atoms with van der Waals surface area (Å²) in [5, 5.41) is 6.37. The van der Waals surface area contributed by atoms with Crippen LogP contribution in [0, 0.1) is 0 Å². The summed E-state index contributed by atoms with van der Waals surface area (Å²) in [5.74, 6) is -0.444. The van der Waals surface area contributed by atoms with Gasteiger partial charge in [-0.15, -0.1) is 10.2 Å². The number of hydrogen-bond acceptors (Lipinski definition) is 5. The minimum absolute atomic E-state index is 0.0911. The Morgan fingerprint density at radius 1 is 1.45 bits per heavy atom. The van der Waals surface area contributed by atoms with Gasteiger partial charge in [0.1, 0.15) is 0 Å². The van der Waals surface area contributed by atoms with Gasteiger partial charge in [0.25, 0.3) is 5.88 Å². The van der Waals surface area contributed by atoms with Crippen molar-refractivity contribution in [3.8, 4) is 5.88 Å². The summed E-state index contributed by atoms with van der Waals surface area (Å²) in [6, 6.07) is 0. The van der Waals surface area contributed by atoms with E-state index in [-0.39, 0.29) is 11.8 Å². The normalized spacial score (nSPS) is 10.1. The lowest BCUT2D eigenvalue weighted by Crippen LogP contribution is -2.06. The van der Waals surface area contributed by atoms with Crippen LogP contribution in [-0.2, 0) is 0 Å². The third-order valence-electron chi connectivity index (χ3n) is 0.768. The summed E-state index contributed by atoms with van der Waals surface area (Å²) in [6.07, 6.45) is 0.967. The highest BCUT2D eigenvalue weighted by Crippen LogP contribution is 2.06. The molecule has 0 fully saturated rings. The summed E-state index contributed by atoms with van der Waals surface area (Å²) in [6.45, 7) is -2.92. The van der Waals surface area contributed by atoms with Gasteiger partial charge in [0.05, 0.1) is 6.20 Å². The highest BCUT2D eigenvalue weighted by Gasteiger charge is 2.05. The predicted molar refractivity (Wildman–Crippen MR) is 30.9 cm³/mol. The number of rotatable bonds is 2. The SMILES string of the molecule is Nc1ncc(OC(F)F)nn1. The maximum absolute atomic E-state index is 11.5. The molecule has 5 nitrogen and oxygen atoms in total. The Labute approximate surface area is 60.2 Å². The number of nitrogen functional groups attached to an aromatic ring is 1. The number of halogens is 2. The molecule has 0 spiro atoms. The highest BCUT2D eigenvalue weighted by molar-refractivity contribution is 5.13. The maximum Gasteiger partial charge on any atom is 0.388 e. The zero-order chi connectivity index (χ0) is 8.27. The van der Waals surface area contributed by atoms with Gasteiger partial charge in [-0.05, 0) is 0 Å². The molecule has 1 rings (SSSR count). The number of ether oxygens (including phenoxy) is 1. The third-order valence-corrected chi connectivity index (χ3v) is 0.768. The molecule has 0 radical (unpaired) electrons. The Balaban J connectivity index is 2.66. The lowest BCUT2D eigenvalue weighted by atomic mass is 10.8. The third kappa shape index (κ3) is 2.28. The van der Waals surface area contributed by atoms with Crippen LogP contribution in [0.1, 0.15) is 0 Å². The molecule has 0 aliphatic rings. The summed E-state index contributed by atoms with van der Waals surface area (Å²) in [7, 11) is 0. The van der Waals surface area contributed by atoms with Gasteiger partial charge in [0.2, 0.25) is 5.95 Å². The largest absolute Gasteiger partial charge is 0.414 e. The van der Waals surface area contributed by atoms with Gasteiger partial charge in [-0.3, -0.25) is 0 Å². The predicted octanol–water partition coefficient (Wildman–Crippen LogP) is 0.0552. The zero-order valence-electron chi connectivity index (χ0n) is 5.24. The van der Waals surface area contributed by atoms with Crippen LogP contribution in [0.5, 0.6) is 5.88 Å². The molecule has 0 bridgehead atoms. The molecule has 0 aromatic carbocycles. The van der Waals surface area contributed by atoms with Crippen LogP contribution in [-0.4, -0.2) is 21.8 Å². The molecule has 1 heterocycles. The Morgan fingerprint density at radius 2 is 2.18 bits per heavy atom. The van der Waals surface area contributed by atoms with E-state index in [1.54, 1.807) is 0 Å². The van der Waals surface area contributed by atoms with Crippen LogP contribution in [0.25, 0.3) is 0 Å². The number of nitrogens with zero attached hydrogens (tertiary/aromatic N) is 3. The zero-order valence-corrected chi connectivity index (χ0v) is 5.24. The molecular formula is C4H4F2N4O. The average Bonchev–Trinajstić information content (AvgIpc) is 1.93. The molecule has 0 atom stereocenters. The molecule has 0 unspecified atom stereocenters. The Hall–Kier alpha value is -1.53. The van der Waals surface area contributed by atoms with Crippen LogP contribution < -0.4 is 10.5 Å². The molecule has 1 aromatic rings. The smallest absolute Gasteiger partial charge is 0.388 e. The fourth-order valence-corrected chi connectivity index (χ4v) is 0.419. The molecule has 0 aliphatic heterocycles. The van der Waals surface area contributed by atoms with Crippen molar-refractivity contribution in [1.82, 2.24) is 15.2 Å². The first kappa shape index (κ1) is 7.58. The fraction of sp³-hybridized carbons (Fsp3) is 0.250. The number of nitrogens with two attached hydrogens (primary N) is 1. The standard InChI is InChI=1S/C4H4F2N4O/c5-3(6)11-2-1-8-4(7)10-9-2/h1,3H,(H2,7,8,10). The first-order valence-corrected chi connectivity index (χ1v) is 2.58. The van der Waals surface area contributed by atoms with Gasteiger partial charge in [-0.2, -0.15) is 8.78 Å². The second kappa shape index (κ2) is 3.04. The summed E-state index contributed by atoms with van der Waals surface area (Å²) in [4.78, 5) is 3.38. The molecule has 2 N–H and O–H groups in total.